The summed E-state index contributed by atoms with van der Waals surface area (Å²) in [7, 11) is 0. The van der Waals surface area contributed by atoms with Crippen molar-refractivity contribution >= 4 is 34.9 Å². The van der Waals surface area contributed by atoms with Crippen LogP contribution in [0, 0.1) is 28.6 Å². The Bertz CT molecular complexity index is 1130. The topological polar surface area (TPSA) is 149 Å². The number of hydrogen-bond acceptors (Lipinski definition) is 8. The second kappa shape index (κ2) is 7.00. The summed E-state index contributed by atoms with van der Waals surface area (Å²) in [6.45, 7) is 0. The standard InChI is InChI=1S/C16H9ClF4N8/c17-9-7(16(19,20)21)2-1-5(10(9)18)12-8-11(24)6(3-22)13(25)28-14(8)29-15(27-12)26-4-23/h1-2,12H,(H6,24,25,26,27,28,29). The first-order valence-corrected chi connectivity index (χ1v) is 8.01. The zero-order valence-electron chi connectivity index (χ0n) is 14.1. The first kappa shape index (κ1) is 20.0. The Morgan fingerprint density at radius 2 is 1.93 bits per heavy atom. The Morgan fingerprint density at radius 3 is 2.52 bits per heavy atom. The lowest BCUT2D eigenvalue weighted by atomic mass is 9.94. The molecule has 13 heteroatoms. The third-order valence-corrected chi connectivity index (χ3v) is 4.44. The fourth-order valence-corrected chi connectivity index (χ4v) is 3.08. The van der Waals surface area contributed by atoms with E-state index in [2.05, 4.69) is 20.6 Å². The molecule has 8 nitrogen and oxygen atoms in total. The fourth-order valence-electron chi connectivity index (χ4n) is 2.80. The molecular weight excluding hydrogens is 416 g/mol. The number of nitrogens with two attached hydrogens (primary N) is 2. The van der Waals surface area contributed by atoms with Crippen LogP contribution in [0.5, 0.6) is 0 Å². The number of benzene rings is 1. The van der Waals surface area contributed by atoms with Crippen molar-refractivity contribution in [1.82, 2.24) is 10.3 Å². The normalized spacial score (nSPS) is 15.4. The third-order valence-electron chi connectivity index (χ3n) is 4.07. The van der Waals surface area contributed by atoms with Gasteiger partial charge in [-0.1, -0.05) is 17.7 Å². The van der Waals surface area contributed by atoms with Gasteiger partial charge in [0.1, 0.15) is 35.1 Å². The summed E-state index contributed by atoms with van der Waals surface area (Å²) in [6, 6.07) is 1.84. The highest BCUT2D eigenvalue weighted by molar-refractivity contribution is 6.31. The van der Waals surface area contributed by atoms with E-state index in [4.69, 9.17) is 28.3 Å². The van der Waals surface area contributed by atoms with E-state index in [0.29, 0.717) is 6.07 Å². The monoisotopic (exact) mass is 424 g/mol. The van der Waals surface area contributed by atoms with Crippen LogP contribution in [0.3, 0.4) is 0 Å². The number of nitriles is 2. The quantitative estimate of drug-likeness (QED) is 0.312. The van der Waals surface area contributed by atoms with Crippen molar-refractivity contribution in [3.05, 3.63) is 45.2 Å². The van der Waals surface area contributed by atoms with Crippen LogP contribution in [0.2, 0.25) is 5.02 Å². The number of anilines is 3. The van der Waals surface area contributed by atoms with Gasteiger partial charge in [0.15, 0.2) is 6.19 Å². The minimum absolute atomic E-state index is 0.00559. The molecule has 0 aliphatic carbocycles. The van der Waals surface area contributed by atoms with Crippen LogP contribution in [0.4, 0.5) is 34.9 Å². The number of nitrogens with one attached hydrogen (secondary N) is 2. The van der Waals surface area contributed by atoms with Gasteiger partial charge in [0, 0.05) is 11.1 Å². The molecule has 0 amide bonds. The van der Waals surface area contributed by atoms with Gasteiger partial charge in [-0.25, -0.2) is 14.4 Å². The average molecular weight is 425 g/mol. The summed E-state index contributed by atoms with van der Waals surface area (Å²) in [5, 5.41) is 21.7. The number of aromatic nitrogens is 1. The summed E-state index contributed by atoms with van der Waals surface area (Å²) >= 11 is 5.60. The van der Waals surface area contributed by atoms with Gasteiger partial charge < -0.3 is 16.8 Å². The van der Waals surface area contributed by atoms with Gasteiger partial charge in [0.25, 0.3) is 0 Å². The molecule has 1 atom stereocenters. The van der Waals surface area contributed by atoms with Gasteiger partial charge in [-0.2, -0.15) is 23.7 Å². The summed E-state index contributed by atoms with van der Waals surface area (Å²) < 4.78 is 53.8. The summed E-state index contributed by atoms with van der Waals surface area (Å²) in [6.07, 6.45) is -3.28. The molecule has 2 heterocycles. The Balaban J connectivity index is 2.29. The van der Waals surface area contributed by atoms with Gasteiger partial charge >= 0.3 is 6.18 Å². The minimum atomic E-state index is -4.87. The lowest BCUT2D eigenvalue weighted by molar-refractivity contribution is -0.137. The summed E-state index contributed by atoms with van der Waals surface area (Å²) in [5.74, 6) is -1.85. The number of aliphatic imine (C=N–C) groups is 1. The predicted molar refractivity (Wildman–Crippen MR) is 95.8 cm³/mol. The van der Waals surface area contributed by atoms with Crippen LogP contribution in [0.25, 0.3) is 0 Å². The average Bonchev–Trinajstić information content (AvgIpc) is 2.62. The molecule has 0 saturated heterocycles. The molecular formula is C16H9ClF4N8. The molecule has 1 aliphatic rings. The summed E-state index contributed by atoms with van der Waals surface area (Å²) in [4.78, 5) is 8.03. The largest absolute Gasteiger partial charge is 0.417 e. The molecule has 1 aromatic heterocycles. The molecule has 3 rings (SSSR count). The zero-order chi connectivity index (χ0) is 21.5. The van der Waals surface area contributed by atoms with Crippen LogP contribution in [-0.4, -0.2) is 10.9 Å². The molecule has 1 unspecified atom stereocenters. The van der Waals surface area contributed by atoms with Crippen molar-refractivity contribution in [1.29, 1.82) is 10.5 Å². The van der Waals surface area contributed by atoms with Crippen molar-refractivity contribution in [3.8, 4) is 12.3 Å². The molecule has 0 bridgehead atoms. The van der Waals surface area contributed by atoms with Crippen LogP contribution in [-0.2, 0) is 6.18 Å². The van der Waals surface area contributed by atoms with E-state index >= 15 is 0 Å². The molecule has 29 heavy (non-hydrogen) atoms. The molecule has 2 aromatic rings. The van der Waals surface area contributed by atoms with E-state index < -0.39 is 28.6 Å². The molecule has 6 N–H and O–H groups in total. The van der Waals surface area contributed by atoms with E-state index in [-0.39, 0.29) is 40.0 Å². The minimum Gasteiger partial charge on any atom is -0.397 e. The Labute approximate surface area is 165 Å². The summed E-state index contributed by atoms with van der Waals surface area (Å²) in [5.41, 5.74) is 9.52. The van der Waals surface area contributed by atoms with Crippen molar-refractivity contribution in [3.63, 3.8) is 0 Å². The highest BCUT2D eigenvalue weighted by Gasteiger charge is 2.37. The van der Waals surface area contributed by atoms with Crippen LogP contribution in [0.15, 0.2) is 17.1 Å². The number of pyridine rings is 1. The molecule has 1 aromatic carbocycles. The highest BCUT2D eigenvalue weighted by Crippen LogP contribution is 2.44. The third kappa shape index (κ3) is 3.30. The number of halogens is 5. The van der Waals surface area contributed by atoms with E-state index in [1.54, 1.807) is 12.3 Å². The fraction of sp³-hybridized carbons (Fsp3) is 0.125. The molecule has 1 aliphatic heterocycles. The maximum atomic E-state index is 14.8. The van der Waals surface area contributed by atoms with E-state index in [0.717, 1.165) is 6.07 Å². The lowest BCUT2D eigenvalue weighted by Crippen LogP contribution is -2.33. The smallest absolute Gasteiger partial charge is 0.397 e. The number of alkyl halides is 3. The molecule has 0 radical (unpaired) electrons. The number of fused-ring (bicyclic) bond motifs is 1. The van der Waals surface area contributed by atoms with Crippen molar-refractivity contribution in [2.75, 3.05) is 16.8 Å². The number of hydrogen-bond donors (Lipinski definition) is 4. The maximum Gasteiger partial charge on any atom is 0.417 e. The van der Waals surface area contributed by atoms with Crippen LogP contribution in [0.1, 0.15) is 28.3 Å². The van der Waals surface area contributed by atoms with E-state index in [1.807, 2.05) is 0 Å². The van der Waals surface area contributed by atoms with E-state index in [1.165, 1.54) is 0 Å². The lowest BCUT2D eigenvalue weighted by Gasteiger charge is -2.26. The number of nitrogens with zero attached hydrogens (tertiary/aromatic N) is 4. The Morgan fingerprint density at radius 1 is 1.24 bits per heavy atom. The molecule has 148 valence electrons. The number of guanidine groups is 1. The second-order valence-corrected chi connectivity index (χ2v) is 6.11. The molecule has 0 fully saturated rings. The van der Waals surface area contributed by atoms with Crippen LogP contribution >= 0.6 is 11.6 Å². The Kier molecular flexibility index (Phi) is 4.82. The molecule has 0 saturated carbocycles. The Hall–Kier alpha value is -3.77. The predicted octanol–water partition coefficient (Wildman–Crippen LogP) is 2.87. The van der Waals surface area contributed by atoms with E-state index in [9.17, 15) is 22.8 Å². The second-order valence-electron chi connectivity index (χ2n) is 5.73. The van der Waals surface area contributed by atoms with Gasteiger partial charge in [-0.3, -0.25) is 5.32 Å². The number of rotatable bonds is 1. The maximum absolute atomic E-state index is 14.8. The van der Waals surface area contributed by atoms with Gasteiger partial charge in [0.05, 0.1) is 16.3 Å². The van der Waals surface area contributed by atoms with Crippen molar-refractivity contribution in [2.45, 2.75) is 12.2 Å². The van der Waals surface area contributed by atoms with Gasteiger partial charge in [-0.15, -0.1) is 0 Å². The SMILES string of the molecule is N#CNC1=NC(c2ccc(C(F)(F)F)c(Cl)c2F)c2c(nc(N)c(C#N)c2N)N1. The first-order chi connectivity index (χ1) is 13.6. The molecule has 0 spiro atoms. The number of nitrogen functional groups attached to an aromatic ring is 2. The first-order valence-electron chi connectivity index (χ1n) is 7.64. The zero-order valence-corrected chi connectivity index (χ0v) is 14.8. The van der Waals surface area contributed by atoms with Gasteiger partial charge in [0.2, 0.25) is 5.96 Å². The van der Waals surface area contributed by atoms with Crippen molar-refractivity contribution < 1.29 is 17.6 Å². The van der Waals surface area contributed by atoms with Crippen molar-refractivity contribution in [2.24, 2.45) is 4.99 Å². The van der Waals surface area contributed by atoms with Crippen LogP contribution < -0.4 is 22.1 Å². The van der Waals surface area contributed by atoms with Gasteiger partial charge in [-0.05, 0) is 6.07 Å². The highest BCUT2D eigenvalue weighted by atomic mass is 35.5.